The van der Waals surface area contributed by atoms with Gasteiger partial charge in [-0.3, -0.25) is 4.79 Å². The third kappa shape index (κ3) is 3.60. The summed E-state index contributed by atoms with van der Waals surface area (Å²) in [4.78, 5) is 15.8. The van der Waals surface area contributed by atoms with Crippen LogP contribution in [0.1, 0.15) is 16.1 Å². The fraction of sp³-hybridized carbons (Fsp3) is 0.125. The van der Waals surface area contributed by atoms with Gasteiger partial charge in [-0.2, -0.15) is 0 Å². The average molecular weight is 284 g/mol. The molecule has 108 valence electrons. The number of aromatic hydroxyl groups is 1. The lowest BCUT2D eigenvalue weighted by molar-refractivity contribution is 0.0944. The van der Waals surface area contributed by atoms with E-state index in [9.17, 15) is 9.90 Å². The minimum atomic E-state index is -0.571. The summed E-state index contributed by atoms with van der Waals surface area (Å²) in [6.07, 6.45) is 1.52. The molecule has 5 nitrogen and oxygen atoms in total. The van der Waals surface area contributed by atoms with Gasteiger partial charge in [-0.05, 0) is 18.6 Å². The van der Waals surface area contributed by atoms with Gasteiger partial charge in [-0.1, -0.05) is 36.4 Å². The first kappa shape index (κ1) is 14.6. The van der Waals surface area contributed by atoms with Gasteiger partial charge in [0.15, 0.2) is 5.69 Å². The van der Waals surface area contributed by atoms with E-state index in [1.54, 1.807) is 0 Å². The summed E-state index contributed by atoms with van der Waals surface area (Å²) in [5.74, 6) is -0.951. The number of nitrogens with one attached hydrogen (secondary N) is 1. The molecule has 0 aliphatic rings. The van der Waals surface area contributed by atoms with Gasteiger partial charge in [0, 0.05) is 11.8 Å². The highest BCUT2D eigenvalue weighted by Gasteiger charge is 2.14. The number of pyridine rings is 1. The summed E-state index contributed by atoms with van der Waals surface area (Å²) < 4.78 is 0. The Morgan fingerprint density at radius 2 is 2.10 bits per heavy atom. The molecule has 5 heteroatoms. The third-order valence-corrected chi connectivity index (χ3v) is 2.89. The molecular weight excluding hydrogens is 268 g/mol. The van der Waals surface area contributed by atoms with Crippen molar-refractivity contribution in [3.8, 4) is 16.9 Å². The van der Waals surface area contributed by atoms with Crippen LogP contribution in [0.25, 0.3) is 11.1 Å². The molecule has 3 N–H and O–H groups in total. The van der Waals surface area contributed by atoms with E-state index in [0.717, 1.165) is 16.7 Å². The number of nitrogens with zero attached hydrogens (tertiary/aromatic N) is 1. The number of carbonyl (C=O) groups excluding carboxylic acids is 1. The highest BCUT2D eigenvalue weighted by molar-refractivity contribution is 5.95. The van der Waals surface area contributed by atoms with Gasteiger partial charge in [0.1, 0.15) is 11.5 Å². The number of hydrogen-bond donors (Lipinski definition) is 3. The third-order valence-electron chi connectivity index (χ3n) is 2.89. The maximum absolute atomic E-state index is 11.8. The van der Waals surface area contributed by atoms with E-state index in [1.807, 2.05) is 31.2 Å². The van der Waals surface area contributed by atoms with Gasteiger partial charge in [0.2, 0.25) is 0 Å². The van der Waals surface area contributed by atoms with E-state index < -0.39 is 5.91 Å². The number of amides is 1. The van der Waals surface area contributed by atoms with E-state index >= 15 is 0 Å². The average Bonchev–Trinajstić information content (AvgIpc) is 2.44. The molecule has 0 radical (unpaired) electrons. The van der Waals surface area contributed by atoms with Gasteiger partial charge in [-0.15, -0.1) is 0 Å². The van der Waals surface area contributed by atoms with E-state index in [0.29, 0.717) is 0 Å². The number of hydrogen-bond acceptors (Lipinski definition) is 4. The molecule has 0 aliphatic heterocycles. The number of aryl methyl sites for hydroxylation is 1. The Kier molecular flexibility index (Phi) is 4.23. The monoisotopic (exact) mass is 284 g/mol. The van der Waals surface area contributed by atoms with Crippen LogP contribution in [-0.2, 0) is 0 Å². The lowest BCUT2D eigenvalue weighted by Crippen LogP contribution is -2.26. The smallest absolute Gasteiger partial charge is 0.274 e. The van der Waals surface area contributed by atoms with E-state index in [4.69, 9.17) is 5.11 Å². The van der Waals surface area contributed by atoms with Crippen molar-refractivity contribution in [2.75, 3.05) is 6.54 Å². The molecule has 2 rings (SSSR count). The van der Waals surface area contributed by atoms with Crippen molar-refractivity contribution in [2.24, 2.45) is 0 Å². The van der Waals surface area contributed by atoms with Crippen molar-refractivity contribution in [1.82, 2.24) is 10.3 Å². The SMILES string of the molecule is C=C(O)CNC(=O)c1ncc(-c2cccc(C)c2)cc1O. The maximum Gasteiger partial charge on any atom is 0.274 e. The molecule has 1 amide bonds. The quantitative estimate of drug-likeness (QED) is 0.754. The van der Waals surface area contributed by atoms with Crippen molar-refractivity contribution < 1.29 is 15.0 Å². The normalized spacial score (nSPS) is 10.1. The molecular formula is C16H16N2O3. The second-order valence-electron chi connectivity index (χ2n) is 4.71. The topological polar surface area (TPSA) is 82.5 Å². The minimum absolute atomic E-state index is 0.0837. The molecule has 0 spiro atoms. The highest BCUT2D eigenvalue weighted by atomic mass is 16.3. The Labute approximate surface area is 122 Å². The van der Waals surface area contributed by atoms with Crippen molar-refractivity contribution in [2.45, 2.75) is 6.92 Å². The van der Waals surface area contributed by atoms with Gasteiger partial charge in [0.25, 0.3) is 5.91 Å². The molecule has 0 unspecified atom stereocenters. The van der Waals surface area contributed by atoms with Crippen LogP contribution in [0.2, 0.25) is 0 Å². The zero-order valence-corrected chi connectivity index (χ0v) is 11.6. The molecule has 1 aromatic heterocycles. The fourth-order valence-corrected chi connectivity index (χ4v) is 1.88. The number of aliphatic hydroxyl groups is 1. The maximum atomic E-state index is 11.8. The summed E-state index contributed by atoms with van der Waals surface area (Å²) in [6, 6.07) is 9.24. The van der Waals surface area contributed by atoms with Gasteiger partial charge in [-0.25, -0.2) is 4.98 Å². The molecule has 0 fully saturated rings. The predicted molar refractivity (Wildman–Crippen MR) is 80.2 cm³/mol. The molecule has 0 atom stereocenters. The van der Waals surface area contributed by atoms with Gasteiger partial charge >= 0.3 is 0 Å². The summed E-state index contributed by atoms with van der Waals surface area (Å²) in [5.41, 5.74) is 2.63. The van der Waals surface area contributed by atoms with E-state index in [2.05, 4.69) is 16.9 Å². The first-order valence-corrected chi connectivity index (χ1v) is 6.38. The summed E-state index contributed by atoms with van der Waals surface area (Å²) in [6.45, 7) is 5.15. The highest BCUT2D eigenvalue weighted by Crippen LogP contribution is 2.25. The first-order chi connectivity index (χ1) is 9.97. The molecule has 0 saturated carbocycles. The van der Waals surface area contributed by atoms with E-state index in [-0.39, 0.29) is 23.7 Å². The minimum Gasteiger partial charge on any atom is -0.511 e. The molecule has 1 aromatic carbocycles. The van der Waals surface area contributed by atoms with Crippen molar-refractivity contribution in [1.29, 1.82) is 0 Å². The molecule has 0 bridgehead atoms. The molecule has 1 heterocycles. The number of carbonyl (C=O) groups is 1. The van der Waals surface area contributed by atoms with Crippen LogP contribution in [0.5, 0.6) is 5.75 Å². The van der Waals surface area contributed by atoms with E-state index in [1.165, 1.54) is 12.3 Å². The second kappa shape index (κ2) is 6.09. The summed E-state index contributed by atoms with van der Waals surface area (Å²) >= 11 is 0. The summed E-state index contributed by atoms with van der Waals surface area (Å²) in [7, 11) is 0. The Bertz CT molecular complexity index is 696. The first-order valence-electron chi connectivity index (χ1n) is 6.38. The van der Waals surface area contributed by atoms with Crippen molar-refractivity contribution in [3.05, 3.63) is 60.1 Å². The lowest BCUT2D eigenvalue weighted by atomic mass is 10.0. The Hall–Kier alpha value is -2.82. The Balaban J connectivity index is 2.25. The number of aromatic nitrogens is 1. The Morgan fingerprint density at radius 3 is 2.71 bits per heavy atom. The van der Waals surface area contributed by atoms with Crippen LogP contribution in [0.3, 0.4) is 0 Å². The zero-order valence-electron chi connectivity index (χ0n) is 11.6. The van der Waals surface area contributed by atoms with Crippen LogP contribution in [0, 0.1) is 6.92 Å². The fourth-order valence-electron chi connectivity index (χ4n) is 1.88. The second-order valence-corrected chi connectivity index (χ2v) is 4.71. The molecule has 21 heavy (non-hydrogen) atoms. The predicted octanol–water partition coefficient (Wildman–Crippen LogP) is 2.56. The van der Waals surface area contributed by atoms with Crippen LogP contribution >= 0.6 is 0 Å². The number of benzene rings is 1. The van der Waals surface area contributed by atoms with Gasteiger partial charge in [0.05, 0.1) is 6.54 Å². The zero-order chi connectivity index (χ0) is 15.4. The molecule has 0 saturated heterocycles. The van der Waals surface area contributed by atoms with Crippen LogP contribution in [-0.4, -0.2) is 27.6 Å². The van der Waals surface area contributed by atoms with Crippen molar-refractivity contribution >= 4 is 5.91 Å². The standard InChI is InChI=1S/C16H16N2O3/c1-10-4-3-5-12(6-10)13-7-14(20)15(17-9-13)16(21)18-8-11(2)19/h3-7,9,19-20H,2,8H2,1H3,(H,18,21). The van der Waals surface area contributed by atoms with Crippen LogP contribution < -0.4 is 5.32 Å². The number of rotatable bonds is 4. The van der Waals surface area contributed by atoms with Crippen LogP contribution in [0.4, 0.5) is 0 Å². The number of aliphatic hydroxyl groups excluding tert-OH is 1. The summed E-state index contributed by atoms with van der Waals surface area (Å²) in [5, 5.41) is 21.3. The van der Waals surface area contributed by atoms with Crippen molar-refractivity contribution in [3.63, 3.8) is 0 Å². The molecule has 2 aromatic rings. The van der Waals surface area contributed by atoms with Crippen LogP contribution in [0.15, 0.2) is 48.9 Å². The Morgan fingerprint density at radius 1 is 1.33 bits per heavy atom. The van der Waals surface area contributed by atoms with Gasteiger partial charge < -0.3 is 15.5 Å². The lowest BCUT2D eigenvalue weighted by Gasteiger charge is -2.08. The largest absolute Gasteiger partial charge is 0.511 e. The molecule has 0 aliphatic carbocycles.